The summed E-state index contributed by atoms with van der Waals surface area (Å²) in [5.74, 6) is 1.92. The van der Waals surface area contributed by atoms with Gasteiger partial charge in [-0.1, -0.05) is 0 Å². The number of fused-ring (bicyclic) bond motifs is 1. The number of nitrogens with zero attached hydrogens (tertiary/aromatic N) is 4. The van der Waals surface area contributed by atoms with E-state index in [2.05, 4.69) is 18.7 Å². The van der Waals surface area contributed by atoms with Gasteiger partial charge in [0.25, 0.3) is 0 Å². The highest BCUT2D eigenvalue weighted by Crippen LogP contribution is 2.35. The number of hydrogen-bond donors (Lipinski definition) is 1. The number of carbonyl (C=O) groups is 1. The van der Waals surface area contributed by atoms with Crippen molar-refractivity contribution in [1.82, 2.24) is 14.9 Å². The fourth-order valence-electron chi connectivity index (χ4n) is 3.96. The Labute approximate surface area is 175 Å². The third-order valence-electron chi connectivity index (χ3n) is 5.77. The number of morpholine rings is 1. The molecule has 0 radical (unpaired) electrons. The third-order valence-corrected chi connectivity index (χ3v) is 6.87. The normalized spacial score (nSPS) is 18.4. The molecule has 9 heteroatoms. The van der Waals surface area contributed by atoms with Crippen LogP contribution < -0.4 is 9.80 Å². The zero-order valence-electron chi connectivity index (χ0n) is 17.5. The molecule has 8 nitrogen and oxygen atoms in total. The number of piperazine rings is 1. The number of rotatable bonds is 4. The maximum atomic E-state index is 12.0. The van der Waals surface area contributed by atoms with Gasteiger partial charge in [0.1, 0.15) is 30.3 Å². The van der Waals surface area contributed by atoms with Crippen LogP contribution in [0.15, 0.2) is 0 Å². The summed E-state index contributed by atoms with van der Waals surface area (Å²) in [6.45, 7) is 13.8. The molecule has 4 rings (SSSR count). The molecule has 2 saturated heterocycles. The van der Waals surface area contributed by atoms with Crippen molar-refractivity contribution in [3.8, 4) is 0 Å². The number of amides is 1. The van der Waals surface area contributed by atoms with Crippen molar-refractivity contribution in [1.29, 1.82) is 0 Å². The Morgan fingerprint density at radius 1 is 1.17 bits per heavy atom. The van der Waals surface area contributed by atoms with Crippen molar-refractivity contribution < 1.29 is 19.2 Å². The minimum Gasteiger partial charge on any atom is -0.450 e. The molecule has 0 unspecified atom stereocenters. The number of aryl methyl sites for hydroxylation is 2. The topological polar surface area (TPSA) is 72.2 Å². The molecule has 1 amide bonds. The number of carbonyl (C=O) groups excluding carboxylic acids is 1. The first kappa shape index (κ1) is 20.3. The zero-order chi connectivity index (χ0) is 20.4. The highest BCUT2D eigenvalue weighted by Gasteiger charge is 2.27. The molecule has 29 heavy (non-hydrogen) atoms. The van der Waals surface area contributed by atoms with E-state index in [4.69, 9.17) is 19.4 Å². The van der Waals surface area contributed by atoms with E-state index in [0.717, 1.165) is 67.8 Å². The van der Waals surface area contributed by atoms with E-state index in [1.807, 2.05) is 6.92 Å². The van der Waals surface area contributed by atoms with Gasteiger partial charge in [-0.25, -0.2) is 14.8 Å². The van der Waals surface area contributed by atoms with Gasteiger partial charge in [0.15, 0.2) is 5.82 Å². The lowest BCUT2D eigenvalue weighted by atomic mass is 10.2. The molecule has 0 saturated carbocycles. The van der Waals surface area contributed by atoms with Crippen molar-refractivity contribution in [3.63, 3.8) is 0 Å². The van der Waals surface area contributed by atoms with E-state index < -0.39 is 0 Å². The van der Waals surface area contributed by atoms with Crippen LogP contribution in [0.5, 0.6) is 0 Å². The standard InChI is InChI=1S/C20H29N5O3S/c1-4-28-20(26)25-7-5-24(6-8-25)18-17-14(2)15(3)29-19(17)22-16(21-18)13-23-9-11-27-12-10-23/h4-13H2,1-3H3/p+1. The average molecular weight is 421 g/mol. The van der Waals surface area contributed by atoms with Gasteiger partial charge in [0.05, 0.1) is 25.2 Å². The first-order valence-electron chi connectivity index (χ1n) is 10.4. The van der Waals surface area contributed by atoms with Gasteiger partial charge in [-0.05, 0) is 26.3 Å². The van der Waals surface area contributed by atoms with Crippen molar-refractivity contribution in [2.75, 3.05) is 64.0 Å². The predicted molar refractivity (Wildman–Crippen MR) is 113 cm³/mol. The summed E-state index contributed by atoms with van der Waals surface area (Å²) in [4.78, 5) is 29.9. The summed E-state index contributed by atoms with van der Waals surface area (Å²) in [5, 5.41) is 1.16. The van der Waals surface area contributed by atoms with Crippen molar-refractivity contribution in [2.45, 2.75) is 27.3 Å². The Hall–Kier alpha value is -1.97. The second kappa shape index (κ2) is 8.81. The molecule has 0 aromatic carbocycles. The van der Waals surface area contributed by atoms with E-state index in [1.54, 1.807) is 16.2 Å². The first-order valence-corrected chi connectivity index (χ1v) is 11.2. The summed E-state index contributed by atoms with van der Waals surface area (Å²) in [5.41, 5.74) is 1.26. The van der Waals surface area contributed by atoms with Crippen molar-refractivity contribution in [3.05, 3.63) is 16.3 Å². The van der Waals surface area contributed by atoms with Crippen LogP contribution in [0.1, 0.15) is 23.2 Å². The second-order valence-corrected chi connectivity index (χ2v) is 8.84. The summed E-state index contributed by atoms with van der Waals surface area (Å²) in [7, 11) is 0. The fraction of sp³-hybridized carbons (Fsp3) is 0.650. The molecule has 2 aliphatic heterocycles. The molecular formula is C20H30N5O3S+. The van der Waals surface area contributed by atoms with E-state index in [9.17, 15) is 4.79 Å². The van der Waals surface area contributed by atoms with Crippen LogP contribution in [0.25, 0.3) is 10.2 Å². The van der Waals surface area contributed by atoms with Crippen LogP contribution in [-0.4, -0.2) is 80.1 Å². The molecular weight excluding hydrogens is 390 g/mol. The summed E-state index contributed by atoms with van der Waals surface area (Å²) in [6, 6.07) is 0. The smallest absolute Gasteiger partial charge is 0.409 e. The molecule has 0 atom stereocenters. The van der Waals surface area contributed by atoms with E-state index >= 15 is 0 Å². The average Bonchev–Trinajstić information content (AvgIpc) is 3.02. The molecule has 2 aliphatic rings. The molecule has 158 valence electrons. The maximum Gasteiger partial charge on any atom is 0.409 e. The number of thiophene rings is 1. The minimum atomic E-state index is -0.223. The molecule has 2 aromatic rings. The number of ether oxygens (including phenoxy) is 2. The summed E-state index contributed by atoms with van der Waals surface area (Å²) >= 11 is 1.75. The first-order chi connectivity index (χ1) is 14.1. The Bertz CT molecular complexity index is 873. The Morgan fingerprint density at radius 3 is 2.59 bits per heavy atom. The number of nitrogens with one attached hydrogen (secondary N) is 1. The predicted octanol–water partition coefficient (Wildman–Crippen LogP) is 1.00. The lowest BCUT2D eigenvalue weighted by molar-refractivity contribution is -0.922. The summed E-state index contributed by atoms with van der Waals surface area (Å²) in [6.07, 6.45) is -0.223. The molecule has 4 heterocycles. The second-order valence-electron chi connectivity index (χ2n) is 7.64. The number of aromatic nitrogens is 2. The van der Waals surface area contributed by atoms with Crippen LogP contribution >= 0.6 is 11.3 Å². The Kier molecular flexibility index (Phi) is 6.17. The van der Waals surface area contributed by atoms with E-state index in [1.165, 1.54) is 15.3 Å². The molecule has 1 N–H and O–H groups in total. The largest absolute Gasteiger partial charge is 0.450 e. The molecule has 0 spiro atoms. The lowest BCUT2D eigenvalue weighted by Gasteiger charge is -2.35. The van der Waals surface area contributed by atoms with Crippen molar-refractivity contribution >= 4 is 33.5 Å². The van der Waals surface area contributed by atoms with Crippen molar-refractivity contribution in [2.24, 2.45) is 0 Å². The molecule has 0 aliphatic carbocycles. The summed E-state index contributed by atoms with van der Waals surface area (Å²) < 4.78 is 10.6. The number of anilines is 1. The van der Waals surface area contributed by atoms with Crippen LogP contribution in [0.2, 0.25) is 0 Å². The highest BCUT2D eigenvalue weighted by atomic mass is 32.1. The third kappa shape index (κ3) is 4.31. The number of hydrogen-bond acceptors (Lipinski definition) is 7. The molecule has 2 fully saturated rings. The van der Waals surface area contributed by atoms with Gasteiger partial charge in [-0.3, -0.25) is 0 Å². The number of quaternary nitrogens is 1. The molecule has 0 bridgehead atoms. The maximum absolute atomic E-state index is 12.0. The highest BCUT2D eigenvalue weighted by molar-refractivity contribution is 7.18. The molecule has 2 aromatic heterocycles. The van der Waals surface area contributed by atoms with E-state index in [0.29, 0.717) is 19.7 Å². The van der Waals surface area contributed by atoms with Gasteiger partial charge >= 0.3 is 6.09 Å². The SMILES string of the molecule is CCOC(=O)N1CCN(c2nc(C[NH+]3CCOCC3)nc3sc(C)c(C)c23)CC1. The van der Waals surface area contributed by atoms with Crippen LogP contribution in [0.3, 0.4) is 0 Å². The minimum absolute atomic E-state index is 0.223. The van der Waals surface area contributed by atoms with Gasteiger partial charge in [0.2, 0.25) is 0 Å². The van der Waals surface area contributed by atoms with Crippen LogP contribution in [0, 0.1) is 13.8 Å². The van der Waals surface area contributed by atoms with Crippen LogP contribution in [-0.2, 0) is 16.0 Å². The Balaban J connectivity index is 1.59. The van der Waals surface area contributed by atoms with Gasteiger partial charge in [0, 0.05) is 31.1 Å². The lowest BCUT2D eigenvalue weighted by Crippen LogP contribution is -3.12. The van der Waals surface area contributed by atoms with Gasteiger partial charge < -0.3 is 24.2 Å². The van der Waals surface area contributed by atoms with E-state index in [-0.39, 0.29) is 6.09 Å². The Morgan fingerprint density at radius 2 is 1.90 bits per heavy atom. The fourth-order valence-corrected chi connectivity index (χ4v) is 5.00. The quantitative estimate of drug-likeness (QED) is 0.796. The zero-order valence-corrected chi connectivity index (χ0v) is 18.3. The van der Waals surface area contributed by atoms with Gasteiger partial charge in [-0.15, -0.1) is 11.3 Å². The monoisotopic (exact) mass is 420 g/mol. The van der Waals surface area contributed by atoms with Crippen LogP contribution in [0.4, 0.5) is 10.6 Å². The van der Waals surface area contributed by atoms with Gasteiger partial charge in [-0.2, -0.15) is 0 Å².